The molecular formula is C23H32FN5O3. The smallest absolute Gasteiger partial charge is 0.334 e. The lowest BCUT2D eigenvalue weighted by Crippen LogP contribution is -2.75. The number of piperazine rings is 1. The van der Waals surface area contributed by atoms with Crippen LogP contribution in [0.4, 0.5) is 9.18 Å². The van der Waals surface area contributed by atoms with Crippen molar-refractivity contribution in [3.8, 4) is 0 Å². The number of hydrazine groups is 1. The quantitative estimate of drug-likeness (QED) is 0.771. The maximum atomic E-state index is 13.2. The Bertz CT molecular complexity index is 858. The standard InChI is InChI=1S/C23H32FN5O3/c1-16-22(31)27(13-18-6-4-3-5-7-18)14-20-28(16)21(30)15-26(2)29(20)23(32)25-12-17-8-10-19(24)11-9-17/h8-11,16,18,20H,3-7,12-15H2,1-2H3,(H,25,32)/t16-,20-/m0/s1. The molecule has 4 amide bonds. The van der Waals surface area contributed by atoms with Crippen molar-refractivity contribution in [1.82, 2.24) is 25.1 Å². The van der Waals surface area contributed by atoms with Gasteiger partial charge < -0.3 is 15.1 Å². The van der Waals surface area contributed by atoms with E-state index in [0.29, 0.717) is 19.0 Å². The Morgan fingerprint density at radius 2 is 1.81 bits per heavy atom. The van der Waals surface area contributed by atoms with Crippen LogP contribution in [-0.4, -0.2) is 76.6 Å². The van der Waals surface area contributed by atoms with Gasteiger partial charge in [0, 0.05) is 20.1 Å². The van der Waals surface area contributed by atoms with E-state index in [1.807, 2.05) is 4.90 Å². The zero-order valence-electron chi connectivity index (χ0n) is 18.8. The summed E-state index contributed by atoms with van der Waals surface area (Å²) in [5, 5.41) is 6.03. The molecule has 2 atom stereocenters. The van der Waals surface area contributed by atoms with Crippen LogP contribution in [0.5, 0.6) is 0 Å². The molecule has 4 rings (SSSR count). The molecule has 174 valence electrons. The van der Waals surface area contributed by atoms with Gasteiger partial charge in [-0.25, -0.2) is 19.2 Å². The Hall–Kier alpha value is -2.68. The molecule has 8 nitrogen and oxygen atoms in total. The van der Waals surface area contributed by atoms with Crippen LogP contribution >= 0.6 is 0 Å². The second-order valence-electron chi connectivity index (χ2n) is 9.15. The van der Waals surface area contributed by atoms with E-state index in [4.69, 9.17) is 0 Å². The number of rotatable bonds is 4. The predicted octanol–water partition coefficient (Wildman–Crippen LogP) is 2.16. The van der Waals surface area contributed by atoms with Crippen LogP contribution in [-0.2, 0) is 16.1 Å². The van der Waals surface area contributed by atoms with Crippen LogP contribution in [0.1, 0.15) is 44.6 Å². The number of hydrogen-bond acceptors (Lipinski definition) is 4. The largest absolute Gasteiger partial charge is 0.337 e. The van der Waals surface area contributed by atoms with Gasteiger partial charge in [0.05, 0.1) is 13.1 Å². The van der Waals surface area contributed by atoms with Crippen LogP contribution in [0.25, 0.3) is 0 Å². The average molecular weight is 446 g/mol. The van der Waals surface area contributed by atoms with Crippen LogP contribution in [0, 0.1) is 11.7 Å². The summed E-state index contributed by atoms with van der Waals surface area (Å²) in [5.74, 6) is -0.0530. The zero-order chi connectivity index (χ0) is 22.8. The number of halogens is 1. The zero-order valence-corrected chi connectivity index (χ0v) is 18.8. The molecule has 1 aliphatic carbocycles. The molecule has 0 unspecified atom stereocenters. The second kappa shape index (κ2) is 9.44. The summed E-state index contributed by atoms with van der Waals surface area (Å²) in [5.41, 5.74) is 0.776. The van der Waals surface area contributed by atoms with Crippen molar-refractivity contribution in [2.45, 2.75) is 57.8 Å². The first-order valence-corrected chi connectivity index (χ1v) is 11.5. The Kier molecular flexibility index (Phi) is 6.64. The molecule has 2 aliphatic heterocycles. The number of urea groups is 1. The first kappa shape index (κ1) is 22.5. The number of amides is 4. The summed E-state index contributed by atoms with van der Waals surface area (Å²) < 4.78 is 13.2. The molecule has 2 saturated heterocycles. The number of fused-ring (bicyclic) bond motifs is 1. The van der Waals surface area contributed by atoms with Crippen molar-refractivity contribution in [2.24, 2.45) is 5.92 Å². The number of likely N-dealkylation sites (N-methyl/N-ethyl adjacent to an activating group) is 1. The molecule has 1 aromatic carbocycles. The monoisotopic (exact) mass is 445 g/mol. The number of hydrogen-bond donors (Lipinski definition) is 1. The molecule has 0 aromatic heterocycles. The topological polar surface area (TPSA) is 76.2 Å². The van der Waals surface area contributed by atoms with E-state index in [1.165, 1.54) is 31.4 Å². The van der Waals surface area contributed by atoms with Crippen molar-refractivity contribution in [3.05, 3.63) is 35.6 Å². The van der Waals surface area contributed by atoms with E-state index in [0.717, 1.165) is 18.4 Å². The van der Waals surface area contributed by atoms with Crippen molar-refractivity contribution in [2.75, 3.05) is 26.7 Å². The van der Waals surface area contributed by atoms with E-state index in [-0.39, 0.29) is 36.8 Å². The third kappa shape index (κ3) is 4.57. The van der Waals surface area contributed by atoms with Gasteiger partial charge in [-0.15, -0.1) is 0 Å². The van der Waals surface area contributed by atoms with Crippen LogP contribution < -0.4 is 5.32 Å². The fourth-order valence-corrected chi connectivity index (χ4v) is 5.17. The highest BCUT2D eigenvalue weighted by Crippen LogP contribution is 2.29. The highest BCUT2D eigenvalue weighted by molar-refractivity contribution is 5.91. The number of nitrogens with one attached hydrogen (secondary N) is 1. The fraction of sp³-hybridized carbons (Fsp3) is 0.609. The molecule has 32 heavy (non-hydrogen) atoms. The van der Waals surface area contributed by atoms with Gasteiger partial charge in [0.15, 0.2) is 0 Å². The average Bonchev–Trinajstić information content (AvgIpc) is 2.77. The van der Waals surface area contributed by atoms with Crippen LogP contribution in [0.2, 0.25) is 0 Å². The maximum absolute atomic E-state index is 13.2. The minimum absolute atomic E-state index is 0.0285. The van der Waals surface area contributed by atoms with E-state index in [9.17, 15) is 18.8 Å². The van der Waals surface area contributed by atoms with Crippen molar-refractivity contribution in [3.63, 3.8) is 0 Å². The van der Waals surface area contributed by atoms with Crippen LogP contribution in [0.15, 0.2) is 24.3 Å². The van der Waals surface area contributed by atoms with Gasteiger partial charge in [-0.3, -0.25) is 9.59 Å². The van der Waals surface area contributed by atoms with Crippen molar-refractivity contribution >= 4 is 17.8 Å². The minimum Gasteiger partial charge on any atom is -0.337 e. The summed E-state index contributed by atoms with van der Waals surface area (Å²) >= 11 is 0. The molecule has 3 fully saturated rings. The lowest BCUT2D eigenvalue weighted by Gasteiger charge is -2.54. The maximum Gasteiger partial charge on any atom is 0.334 e. The Labute approximate surface area is 188 Å². The number of benzene rings is 1. The number of carbonyl (C=O) groups excluding carboxylic acids is 3. The molecule has 1 saturated carbocycles. The first-order valence-electron chi connectivity index (χ1n) is 11.5. The van der Waals surface area contributed by atoms with Gasteiger partial charge in [0.2, 0.25) is 11.8 Å². The fourth-order valence-electron chi connectivity index (χ4n) is 5.17. The minimum atomic E-state index is -0.606. The third-order valence-corrected chi connectivity index (χ3v) is 6.86. The third-order valence-electron chi connectivity index (χ3n) is 6.86. The predicted molar refractivity (Wildman–Crippen MR) is 116 cm³/mol. The molecule has 1 N–H and O–H groups in total. The van der Waals surface area contributed by atoms with E-state index < -0.39 is 12.2 Å². The second-order valence-corrected chi connectivity index (χ2v) is 9.15. The highest BCUT2D eigenvalue weighted by Gasteiger charge is 2.49. The first-order chi connectivity index (χ1) is 15.3. The summed E-state index contributed by atoms with van der Waals surface area (Å²) in [4.78, 5) is 42.4. The van der Waals surface area contributed by atoms with Gasteiger partial charge >= 0.3 is 6.03 Å². The van der Waals surface area contributed by atoms with Gasteiger partial charge in [0.1, 0.15) is 18.0 Å². The van der Waals surface area contributed by atoms with E-state index >= 15 is 0 Å². The molecule has 2 heterocycles. The lowest BCUT2D eigenvalue weighted by atomic mass is 9.88. The molecule has 9 heteroatoms. The SMILES string of the molecule is C[C@H]1C(=O)N(CC2CCCCC2)C[C@H]2N1C(=O)CN(C)N2C(=O)NCc1ccc(F)cc1. The highest BCUT2D eigenvalue weighted by atomic mass is 19.1. The molecule has 0 radical (unpaired) electrons. The normalized spacial score (nSPS) is 25.2. The summed E-state index contributed by atoms with van der Waals surface area (Å²) in [6.45, 7) is 3.00. The Balaban J connectivity index is 1.49. The molecule has 3 aliphatic rings. The van der Waals surface area contributed by atoms with E-state index in [2.05, 4.69) is 5.32 Å². The van der Waals surface area contributed by atoms with Gasteiger partial charge in [-0.1, -0.05) is 31.4 Å². The summed E-state index contributed by atoms with van der Waals surface area (Å²) in [6, 6.07) is 5.00. The molecule has 1 aromatic rings. The lowest BCUT2D eigenvalue weighted by molar-refractivity contribution is -0.186. The van der Waals surface area contributed by atoms with Gasteiger partial charge in [-0.05, 0) is 43.4 Å². The Morgan fingerprint density at radius 3 is 2.50 bits per heavy atom. The summed E-state index contributed by atoms with van der Waals surface area (Å²) in [7, 11) is 1.71. The Morgan fingerprint density at radius 1 is 1.12 bits per heavy atom. The van der Waals surface area contributed by atoms with E-state index in [1.54, 1.807) is 41.0 Å². The van der Waals surface area contributed by atoms with Gasteiger partial charge in [-0.2, -0.15) is 0 Å². The molecule has 0 spiro atoms. The van der Waals surface area contributed by atoms with Crippen molar-refractivity contribution in [1.29, 1.82) is 0 Å². The number of carbonyl (C=O) groups is 3. The molecule has 0 bridgehead atoms. The van der Waals surface area contributed by atoms with Gasteiger partial charge in [0.25, 0.3) is 0 Å². The van der Waals surface area contributed by atoms with Crippen molar-refractivity contribution < 1.29 is 18.8 Å². The molecular weight excluding hydrogens is 413 g/mol. The summed E-state index contributed by atoms with van der Waals surface area (Å²) in [6.07, 6.45) is 5.32. The van der Waals surface area contributed by atoms with Crippen LogP contribution in [0.3, 0.4) is 0 Å². The number of nitrogens with zero attached hydrogens (tertiary/aromatic N) is 4.